The number of nitrogens with one attached hydrogen (secondary N) is 1. The normalized spacial score (nSPS) is 14.8. The zero-order valence-corrected chi connectivity index (χ0v) is 22.1. The minimum Gasteiger partial charge on any atom is -0.462 e. The SMILES string of the molecule is O=CN(C[C@H](Cc1ccccc1)C(=O)NC(CC(=O)OC1CCCC1)c1ccccc1)OCc1ccccc1. The first-order valence-corrected chi connectivity index (χ1v) is 13.6. The van der Waals surface area contributed by atoms with Gasteiger partial charge in [-0.1, -0.05) is 91.0 Å². The molecule has 204 valence electrons. The lowest BCUT2D eigenvalue weighted by Crippen LogP contribution is -2.41. The van der Waals surface area contributed by atoms with Gasteiger partial charge in [0.1, 0.15) is 12.7 Å². The molecule has 1 unspecified atom stereocenters. The molecular formula is C32H36N2O5. The molecule has 1 saturated carbocycles. The average Bonchev–Trinajstić information content (AvgIpc) is 3.48. The maximum atomic E-state index is 13.7. The van der Waals surface area contributed by atoms with Crippen molar-refractivity contribution in [3.8, 4) is 0 Å². The minimum atomic E-state index is -0.606. The summed E-state index contributed by atoms with van der Waals surface area (Å²) in [6, 6.07) is 28.0. The lowest BCUT2D eigenvalue weighted by atomic mass is 9.96. The van der Waals surface area contributed by atoms with E-state index in [1.807, 2.05) is 91.0 Å². The number of hydrogen-bond acceptors (Lipinski definition) is 5. The van der Waals surface area contributed by atoms with Gasteiger partial charge in [0.05, 0.1) is 24.9 Å². The molecule has 7 heteroatoms. The van der Waals surface area contributed by atoms with E-state index in [1.54, 1.807) is 0 Å². The number of ether oxygens (including phenoxy) is 1. The molecule has 1 aliphatic carbocycles. The van der Waals surface area contributed by atoms with Crippen LogP contribution in [0.15, 0.2) is 91.0 Å². The molecule has 0 saturated heterocycles. The molecule has 0 bridgehead atoms. The zero-order chi connectivity index (χ0) is 27.3. The summed E-state index contributed by atoms with van der Waals surface area (Å²) in [5, 5.41) is 4.25. The van der Waals surface area contributed by atoms with E-state index in [1.165, 1.54) is 5.06 Å². The van der Waals surface area contributed by atoms with Crippen LogP contribution in [0.5, 0.6) is 0 Å². The van der Waals surface area contributed by atoms with Crippen LogP contribution >= 0.6 is 0 Å². The quantitative estimate of drug-likeness (QED) is 0.177. The summed E-state index contributed by atoms with van der Waals surface area (Å²) in [4.78, 5) is 44.2. The molecule has 2 atom stereocenters. The summed E-state index contributed by atoms with van der Waals surface area (Å²) in [7, 11) is 0. The highest BCUT2D eigenvalue weighted by Gasteiger charge is 2.28. The van der Waals surface area contributed by atoms with Crippen LogP contribution in [0, 0.1) is 5.92 Å². The Morgan fingerprint density at radius 2 is 1.46 bits per heavy atom. The molecule has 0 heterocycles. The number of nitrogens with zero attached hydrogens (tertiary/aromatic N) is 1. The number of hydrogen-bond donors (Lipinski definition) is 1. The first-order chi connectivity index (χ1) is 19.1. The number of amides is 2. The summed E-state index contributed by atoms with van der Waals surface area (Å²) in [5.74, 6) is -1.20. The monoisotopic (exact) mass is 528 g/mol. The van der Waals surface area contributed by atoms with Crippen LogP contribution in [-0.2, 0) is 37.0 Å². The van der Waals surface area contributed by atoms with Gasteiger partial charge in [-0.05, 0) is 48.8 Å². The van der Waals surface area contributed by atoms with Gasteiger partial charge in [0.25, 0.3) is 0 Å². The van der Waals surface area contributed by atoms with Gasteiger partial charge in [0.2, 0.25) is 12.3 Å². The van der Waals surface area contributed by atoms with Crippen molar-refractivity contribution >= 4 is 18.3 Å². The topological polar surface area (TPSA) is 84.9 Å². The van der Waals surface area contributed by atoms with E-state index >= 15 is 0 Å². The first kappa shape index (κ1) is 28.0. The van der Waals surface area contributed by atoms with E-state index in [0.29, 0.717) is 12.8 Å². The van der Waals surface area contributed by atoms with Gasteiger partial charge in [0, 0.05) is 0 Å². The molecule has 0 radical (unpaired) electrons. The lowest BCUT2D eigenvalue weighted by molar-refractivity contribution is -0.182. The van der Waals surface area contributed by atoms with Crippen molar-refractivity contribution in [1.29, 1.82) is 0 Å². The highest BCUT2D eigenvalue weighted by atomic mass is 16.7. The van der Waals surface area contributed by atoms with E-state index in [2.05, 4.69) is 5.32 Å². The van der Waals surface area contributed by atoms with E-state index in [9.17, 15) is 14.4 Å². The molecular weight excluding hydrogens is 492 g/mol. The van der Waals surface area contributed by atoms with Crippen LogP contribution in [0.3, 0.4) is 0 Å². The largest absolute Gasteiger partial charge is 0.462 e. The molecule has 3 aromatic rings. The van der Waals surface area contributed by atoms with Crippen molar-refractivity contribution < 1.29 is 24.0 Å². The molecule has 1 N–H and O–H groups in total. The fourth-order valence-electron chi connectivity index (χ4n) is 4.85. The molecule has 2 amide bonds. The Hall–Kier alpha value is -3.97. The molecule has 1 aliphatic rings. The van der Waals surface area contributed by atoms with Crippen molar-refractivity contribution in [2.24, 2.45) is 5.92 Å². The van der Waals surface area contributed by atoms with Crippen LogP contribution < -0.4 is 5.32 Å². The summed E-state index contributed by atoms with van der Waals surface area (Å²) in [6.45, 7) is 0.268. The summed E-state index contributed by atoms with van der Waals surface area (Å²) < 4.78 is 5.69. The van der Waals surface area contributed by atoms with Gasteiger partial charge in [-0.15, -0.1) is 0 Å². The molecule has 3 aromatic carbocycles. The maximum Gasteiger partial charge on any atom is 0.308 e. The van der Waals surface area contributed by atoms with Crippen LogP contribution in [0.25, 0.3) is 0 Å². The smallest absolute Gasteiger partial charge is 0.308 e. The van der Waals surface area contributed by atoms with Crippen molar-refractivity contribution in [3.63, 3.8) is 0 Å². The van der Waals surface area contributed by atoms with Gasteiger partial charge >= 0.3 is 5.97 Å². The second-order valence-corrected chi connectivity index (χ2v) is 9.92. The molecule has 1 fully saturated rings. The molecule has 0 aliphatic heterocycles. The Bertz CT molecular complexity index is 1170. The molecule has 0 aromatic heterocycles. The van der Waals surface area contributed by atoms with Crippen LogP contribution in [-0.4, -0.2) is 36.0 Å². The third-order valence-electron chi connectivity index (χ3n) is 6.94. The highest BCUT2D eigenvalue weighted by Crippen LogP contribution is 2.24. The number of esters is 1. The maximum absolute atomic E-state index is 13.7. The zero-order valence-electron chi connectivity index (χ0n) is 22.1. The fourth-order valence-corrected chi connectivity index (χ4v) is 4.85. The number of rotatable bonds is 14. The Kier molecular flexibility index (Phi) is 10.7. The number of hydroxylamine groups is 2. The lowest BCUT2D eigenvalue weighted by Gasteiger charge is -2.26. The summed E-state index contributed by atoms with van der Waals surface area (Å²) in [5.41, 5.74) is 2.70. The van der Waals surface area contributed by atoms with E-state index in [4.69, 9.17) is 9.57 Å². The van der Waals surface area contributed by atoms with Gasteiger partial charge in [-0.3, -0.25) is 19.2 Å². The Labute approximate surface area is 230 Å². The first-order valence-electron chi connectivity index (χ1n) is 13.6. The summed E-state index contributed by atoms with van der Waals surface area (Å²) >= 11 is 0. The van der Waals surface area contributed by atoms with Gasteiger partial charge in [0.15, 0.2) is 0 Å². The number of carbonyl (C=O) groups excluding carboxylic acids is 3. The second-order valence-electron chi connectivity index (χ2n) is 9.92. The Morgan fingerprint density at radius 3 is 2.08 bits per heavy atom. The van der Waals surface area contributed by atoms with Gasteiger partial charge in [-0.25, -0.2) is 5.06 Å². The number of carbonyl (C=O) groups is 3. The third kappa shape index (κ3) is 9.07. The Morgan fingerprint density at radius 1 is 0.872 bits per heavy atom. The van der Waals surface area contributed by atoms with Gasteiger partial charge in [-0.2, -0.15) is 0 Å². The predicted molar refractivity (Wildman–Crippen MR) is 148 cm³/mol. The standard InChI is InChI=1S/C32H36N2O5/c35-24-34(38-23-26-14-6-2-7-15-26)22-28(20-25-12-4-1-5-13-25)32(37)33-30(27-16-8-3-9-17-27)21-31(36)39-29-18-10-11-19-29/h1-9,12-17,24,28-30H,10-11,18-23H2,(H,33,37)/t28-,30?/m0/s1. The highest BCUT2D eigenvalue weighted by molar-refractivity contribution is 5.81. The van der Waals surface area contributed by atoms with Crippen LogP contribution in [0.4, 0.5) is 0 Å². The van der Waals surface area contributed by atoms with E-state index < -0.39 is 12.0 Å². The fraction of sp³-hybridized carbons (Fsp3) is 0.344. The van der Waals surface area contributed by atoms with Crippen LogP contribution in [0.2, 0.25) is 0 Å². The molecule has 39 heavy (non-hydrogen) atoms. The van der Waals surface area contributed by atoms with Gasteiger partial charge < -0.3 is 10.1 Å². The molecule has 0 spiro atoms. The van der Waals surface area contributed by atoms with E-state index in [-0.39, 0.29) is 37.6 Å². The predicted octanol–water partition coefficient (Wildman–Crippen LogP) is 5.17. The van der Waals surface area contributed by atoms with Crippen molar-refractivity contribution in [2.45, 2.75) is 57.3 Å². The van der Waals surface area contributed by atoms with E-state index in [0.717, 1.165) is 42.4 Å². The summed E-state index contributed by atoms with van der Waals surface area (Å²) in [6.07, 6.45) is 4.90. The third-order valence-corrected chi connectivity index (χ3v) is 6.94. The minimum absolute atomic E-state index is 0.0339. The molecule has 4 rings (SSSR count). The van der Waals surface area contributed by atoms with Crippen molar-refractivity contribution in [1.82, 2.24) is 10.4 Å². The second kappa shape index (κ2) is 14.8. The van der Waals surface area contributed by atoms with Crippen molar-refractivity contribution in [2.75, 3.05) is 6.54 Å². The number of benzene rings is 3. The van der Waals surface area contributed by atoms with Crippen molar-refractivity contribution in [3.05, 3.63) is 108 Å². The molecule has 7 nitrogen and oxygen atoms in total. The average molecular weight is 529 g/mol. The van der Waals surface area contributed by atoms with Crippen LogP contribution in [0.1, 0.15) is 54.8 Å². The Balaban J connectivity index is 1.47.